The molecule has 0 unspecified atom stereocenters. The van der Waals surface area contributed by atoms with E-state index in [2.05, 4.69) is 15.6 Å². The number of thiazole rings is 1. The third kappa shape index (κ3) is 3.22. The van der Waals surface area contributed by atoms with Crippen LogP contribution >= 0.6 is 11.3 Å². The van der Waals surface area contributed by atoms with Crippen LogP contribution in [0.1, 0.15) is 10.4 Å². The molecule has 0 atom stereocenters. The molecule has 3 N–H and O–H groups in total. The normalized spacial score (nSPS) is 12.7. The van der Waals surface area contributed by atoms with Crippen molar-refractivity contribution in [1.29, 1.82) is 0 Å². The van der Waals surface area contributed by atoms with E-state index in [0.29, 0.717) is 22.3 Å². The largest absolute Gasteiger partial charge is 0.482 e. The van der Waals surface area contributed by atoms with Gasteiger partial charge in [0.1, 0.15) is 5.75 Å². The van der Waals surface area contributed by atoms with Gasteiger partial charge < -0.3 is 20.5 Å². The third-order valence-corrected chi connectivity index (χ3v) is 4.53. The van der Waals surface area contributed by atoms with E-state index in [1.807, 2.05) is 17.5 Å². The molecule has 2 heterocycles. The zero-order valence-electron chi connectivity index (χ0n) is 13.4. The molecule has 0 aliphatic carbocycles. The second kappa shape index (κ2) is 6.49. The molecule has 1 aromatic heterocycles. The maximum atomic E-state index is 11.5. The molecule has 1 amide bonds. The van der Waals surface area contributed by atoms with Gasteiger partial charge >= 0.3 is 5.97 Å². The molecule has 0 bridgehead atoms. The number of hydrogen-bond donors (Lipinski definition) is 3. The Bertz CT molecular complexity index is 1020. The Morgan fingerprint density at radius 3 is 3.00 bits per heavy atom. The van der Waals surface area contributed by atoms with Crippen LogP contribution in [0.5, 0.6) is 5.75 Å². The van der Waals surface area contributed by atoms with Crippen molar-refractivity contribution in [3.05, 3.63) is 53.4 Å². The number of amides is 1. The van der Waals surface area contributed by atoms with Crippen molar-refractivity contribution in [3.63, 3.8) is 0 Å². The van der Waals surface area contributed by atoms with E-state index in [1.165, 1.54) is 17.4 Å². The molecule has 0 saturated carbocycles. The van der Waals surface area contributed by atoms with Crippen LogP contribution in [0.4, 0.5) is 16.5 Å². The molecule has 1 aliphatic rings. The summed E-state index contributed by atoms with van der Waals surface area (Å²) in [5.41, 5.74) is 3.07. The van der Waals surface area contributed by atoms with Crippen LogP contribution in [0.2, 0.25) is 0 Å². The molecule has 8 heteroatoms. The molecule has 130 valence electrons. The number of anilines is 3. The van der Waals surface area contributed by atoms with Gasteiger partial charge in [-0.2, -0.15) is 0 Å². The van der Waals surface area contributed by atoms with Crippen molar-refractivity contribution in [3.8, 4) is 17.0 Å². The van der Waals surface area contributed by atoms with E-state index >= 15 is 0 Å². The highest BCUT2D eigenvalue weighted by atomic mass is 32.1. The monoisotopic (exact) mass is 367 g/mol. The van der Waals surface area contributed by atoms with Crippen LogP contribution in [-0.2, 0) is 4.79 Å². The topological polar surface area (TPSA) is 101 Å². The van der Waals surface area contributed by atoms with E-state index in [0.717, 1.165) is 11.3 Å². The summed E-state index contributed by atoms with van der Waals surface area (Å²) in [5.74, 6) is -0.534. The fourth-order valence-electron chi connectivity index (χ4n) is 2.56. The van der Waals surface area contributed by atoms with E-state index in [1.54, 1.807) is 24.3 Å². The minimum Gasteiger partial charge on any atom is -0.482 e. The van der Waals surface area contributed by atoms with Crippen LogP contribution in [0, 0.1) is 0 Å². The second-order valence-electron chi connectivity index (χ2n) is 5.60. The summed E-state index contributed by atoms with van der Waals surface area (Å²) in [6.07, 6.45) is 0. The predicted molar refractivity (Wildman–Crippen MR) is 98.4 cm³/mol. The van der Waals surface area contributed by atoms with Crippen molar-refractivity contribution in [2.75, 3.05) is 17.2 Å². The highest BCUT2D eigenvalue weighted by molar-refractivity contribution is 7.14. The minimum atomic E-state index is -0.980. The first-order valence-electron chi connectivity index (χ1n) is 7.71. The number of hydrogen-bond acceptors (Lipinski definition) is 6. The Kier molecular flexibility index (Phi) is 4.02. The van der Waals surface area contributed by atoms with Gasteiger partial charge in [0.25, 0.3) is 5.91 Å². The van der Waals surface area contributed by atoms with Crippen LogP contribution < -0.4 is 15.4 Å². The van der Waals surface area contributed by atoms with E-state index in [4.69, 9.17) is 9.84 Å². The fourth-order valence-corrected chi connectivity index (χ4v) is 3.30. The first-order chi connectivity index (χ1) is 12.6. The van der Waals surface area contributed by atoms with Crippen molar-refractivity contribution < 1.29 is 19.4 Å². The van der Waals surface area contributed by atoms with Crippen LogP contribution in [0.15, 0.2) is 47.8 Å². The lowest BCUT2D eigenvalue weighted by atomic mass is 10.1. The van der Waals surface area contributed by atoms with Gasteiger partial charge in [-0.3, -0.25) is 4.79 Å². The number of rotatable bonds is 4. The molecule has 0 spiro atoms. The summed E-state index contributed by atoms with van der Waals surface area (Å²) in [4.78, 5) is 27.0. The van der Waals surface area contributed by atoms with Gasteiger partial charge in [-0.1, -0.05) is 6.07 Å². The van der Waals surface area contributed by atoms with Crippen molar-refractivity contribution in [2.24, 2.45) is 0 Å². The molecule has 2 aromatic carbocycles. The molecule has 0 radical (unpaired) electrons. The molecule has 7 nitrogen and oxygen atoms in total. The van der Waals surface area contributed by atoms with E-state index in [9.17, 15) is 9.59 Å². The summed E-state index contributed by atoms with van der Waals surface area (Å²) in [6.45, 7) is 0.0204. The quantitative estimate of drug-likeness (QED) is 0.652. The number of carboxylic acids is 1. The molecule has 0 fully saturated rings. The first kappa shape index (κ1) is 16.1. The van der Waals surface area contributed by atoms with Crippen molar-refractivity contribution >= 4 is 39.7 Å². The Hall–Kier alpha value is -3.39. The summed E-state index contributed by atoms with van der Waals surface area (Å²) < 4.78 is 5.35. The Morgan fingerprint density at radius 2 is 2.15 bits per heavy atom. The van der Waals surface area contributed by atoms with Gasteiger partial charge in [-0.05, 0) is 36.4 Å². The Labute approximate surface area is 152 Å². The van der Waals surface area contributed by atoms with Gasteiger partial charge in [-0.15, -0.1) is 11.3 Å². The number of aromatic carboxylic acids is 1. The summed E-state index contributed by atoms with van der Waals surface area (Å²) in [7, 11) is 0. The number of fused-ring (bicyclic) bond motifs is 1. The third-order valence-electron chi connectivity index (χ3n) is 3.77. The van der Waals surface area contributed by atoms with Gasteiger partial charge in [0.15, 0.2) is 11.7 Å². The predicted octanol–water partition coefficient (Wildman–Crippen LogP) is 3.58. The molecule has 1 aliphatic heterocycles. The van der Waals surface area contributed by atoms with Crippen LogP contribution in [-0.4, -0.2) is 28.6 Å². The highest BCUT2D eigenvalue weighted by Crippen LogP contribution is 2.34. The number of aromatic nitrogens is 1. The lowest BCUT2D eigenvalue weighted by Crippen LogP contribution is -2.25. The Balaban J connectivity index is 1.57. The average molecular weight is 367 g/mol. The number of benzene rings is 2. The first-order valence-corrected chi connectivity index (χ1v) is 8.59. The fraction of sp³-hybridized carbons (Fsp3) is 0.0556. The van der Waals surface area contributed by atoms with Gasteiger partial charge in [-0.25, -0.2) is 9.78 Å². The number of carboxylic acid groups (broad SMARTS) is 1. The van der Waals surface area contributed by atoms with Crippen LogP contribution in [0.3, 0.4) is 0 Å². The van der Waals surface area contributed by atoms with Gasteiger partial charge in [0.05, 0.1) is 16.9 Å². The molecular formula is C18H13N3O4S. The minimum absolute atomic E-state index is 0.0204. The maximum absolute atomic E-state index is 11.5. The maximum Gasteiger partial charge on any atom is 0.335 e. The number of ether oxygens (including phenoxy) is 1. The number of carbonyl (C=O) groups is 2. The SMILES string of the molecule is O=C1COc2ccc(-c3csc(Nc4cccc(C(=O)O)c4)n3)cc2N1. The number of nitrogens with zero attached hydrogens (tertiary/aromatic N) is 1. The van der Waals surface area contributed by atoms with Gasteiger partial charge in [0, 0.05) is 16.6 Å². The van der Waals surface area contributed by atoms with E-state index < -0.39 is 5.97 Å². The van der Waals surface area contributed by atoms with Crippen molar-refractivity contribution in [1.82, 2.24) is 4.98 Å². The second-order valence-corrected chi connectivity index (χ2v) is 6.45. The van der Waals surface area contributed by atoms with Crippen molar-refractivity contribution in [2.45, 2.75) is 0 Å². The zero-order valence-corrected chi connectivity index (χ0v) is 14.2. The number of carbonyl (C=O) groups excluding carboxylic acids is 1. The number of nitrogens with one attached hydrogen (secondary N) is 2. The summed E-state index contributed by atoms with van der Waals surface area (Å²) in [5, 5.41) is 17.5. The molecule has 4 rings (SSSR count). The molecular weight excluding hydrogens is 354 g/mol. The van der Waals surface area contributed by atoms with Crippen LogP contribution in [0.25, 0.3) is 11.3 Å². The highest BCUT2D eigenvalue weighted by Gasteiger charge is 2.17. The van der Waals surface area contributed by atoms with Gasteiger partial charge in [0.2, 0.25) is 0 Å². The Morgan fingerprint density at radius 1 is 1.27 bits per heavy atom. The lowest BCUT2D eigenvalue weighted by molar-refractivity contribution is -0.118. The average Bonchev–Trinajstić information content (AvgIpc) is 3.09. The summed E-state index contributed by atoms with van der Waals surface area (Å²) in [6, 6.07) is 12.0. The zero-order chi connectivity index (χ0) is 18.1. The smallest absolute Gasteiger partial charge is 0.335 e. The lowest BCUT2D eigenvalue weighted by Gasteiger charge is -2.18. The molecule has 0 saturated heterocycles. The molecule has 3 aromatic rings. The molecule has 26 heavy (non-hydrogen) atoms. The van der Waals surface area contributed by atoms with E-state index in [-0.39, 0.29) is 18.1 Å². The standard InChI is InChI=1S/C18H13N3O4S/c22-16-8-25-15-5-4-10(7-13(15)20-16)14-9-26-18(21-14)19-12-3-1-2-11(6-12)17(23)24/h1-7,9H,8H2,(H,19,21)(H,20,22)(H,23,24). The summed E-state index contributed by atoms with van der Waals surface area (Å²) >= 11 is 1.40.